The first-order valence-electron chi connectivity index (χ1n) is 10.7. The quantitative estimate of drug-likeness (QED) is 0.505. The van der Waals surface area contributed by atoms with Crippen molar-refractivity contribution in [1.29, 1.82) is 0 Å². The highest BCUT2D eigenvalue weighted by molar-refractivity contribution is 6.34. The first-order valence-corrected chi connectivity index (χ1v) is 11.0. The summed E-state index contributed by atoms with van der Waals surface area (Å²) in [6.45, 7) is 1.87. The number of anilines is 1. The Morgan fingerprint density at radius 3 is 2.53 bits per heavy atom. The predicted octanol–water partition coefficient (Wildman–Crippen LogP) is 5.61. The maximum absolute atomic E-state index is 12.9. The number of amides is 1. The lowest BCUT2D eigenvalue weighted by atomic mass is 10.0. The number of ketones is 1. The summed E-state index contributed by atoms with van der Waals surface area (Å²) in [5.41, 5.74) is 3.79. The van der Waals surface area contributed by atoms with Crippen molar-refractivity contribution in [3.05, 3.63) is 93.6 Å². The van der Waals surface area contributed by atoms with Crippen LogP contribution >= 0.6 is 11.6 Å². The summed E-state index contributed by atoms with van der Waals surface area (Å²) < 4.78 is 0. The second kappa shape index (κ2) is 9.80. The van der Waals surface area contributed by atoms with Gasteiger partial charge in [0.05, 0.1) is 10.6 Å². The van der Waals surface area contributed by atoms with Gasteiger partial charge in [-0.3, -0.25) is 9.59 Å². The first-order chi connectivity index (χ1) is 15.5. The molecule has 1 aromatic heterocycles. The number of aromatic nitrogens is 1. The van der Waals surface area contributed by atoms with Gasteiger partial charge in [0.25, 0.3) is 5.91 Å². The van der Waals surface area contributed by atoms with Crippen LogP contribution in [0.2, 0.25) is 5.02 Å². The van der Waals surface area contributed by atoms with E-state index in [4.69, 9.17) is 11.6 Å². The van der Waals surface area contributed by atoms with Crippen molar-refractivity contribution < 1.29 is 9.59 Å². The zero-order valence-corrected chi connectivity index (χ0v) is 18.6. The number of carbonyl (C=O) groups is 2. The lowest BCUT2D eigenvalue weighted by Gasteiger charge is -2.10. The van der Waals surface area contributed by atoms with Gasteiger partial charge in [0.2, 0.25) is 0 Å². The molecule has 2 aromatic carbocycles. The van der Waals surface area contributed by atoms with Crippen molar-refractivity contribution >= 4 is 29.1 Å². The zero-order valence-electron chi connectivity index (χ0n) is 17.8. The van der Waals surface area contributed by atoms with E-state index in [1.165, 1.54) is 0 Å². The molecule has 1 saturated carbocycles. The Morgan fingerprint density at radius 1 is 1.06 bits per heavy atom. The van der Waals surface area contributed by atoms with Gasteiger partial charge in [-0.05, 0) is 67.6 Å². The predicted molar refractivity (Wildman–Crippen MR) is 127 cm³/mol. The van der Waals surface area contributed by atoms with E-state index in [0.717, 1.165) is 35.1 Å². The number of nitrogens with zero attached hydrogens (tertiary/aromatic N) is 1. The largest absolute Gasteiger partial charge is 0.306 e. The van der Waals surface area contributed by atoms with Crippen molar-refractivity contribution in [2.75, 3.05) is 5.32 Å². The smallest absolute Gasteiger partial charge is 0.258 e. The standard InChI is InChI=1S/C27H23ClN2O2/c1-18-15-21(8-7-19-5-3-2-4-6-19)17-29-26(18)30-27(32)23-16-20(9-13-24(23)28)10-14-25(31)22-11-12-22/h2-6,9,13,15-17,22H,10-12,14H2,1H3,(H,29,30,32). The minimum Gasteiger partial charge on any atom is -0.306 e. The summed E-state index contributed by atoms with van der Waals surface area (Å²) in [6.07, 6.45) is 4.77. The molecule has 0 bridgehead atoms. The molecule has 3 aromatic rings. The van der Waals surface area contributed by atoms with Crippen LogP contribution in [0.15, 0.2) is 60.8 Å². The third kappa shape index (κ3) is 5.63. The van der Waals surface area contributed by atoms with Gasteiger partial charge in [-0.15, -0.1) is 0 Å². The van der Waals surface area contributed by atoms with Gasteiger partial charge in [0, 0.05) is 29.7 Å². The van der Waals surface area contributed by atoms with Crippen LogP contribution in [-0.2, 0) is 11.2 Å². The van der Waals surface area contributed by atoms with Crippen LogP contribution in [-0.4, -0.2) is 16.7 Å². The molecular weight excluding hydrogens is 420 g/mol. The summed E-state index contributed by atoms with van der Waals surface area (Å²) in [7, 11) is 0. The SMILES string of the molecule is Cc1cc(C#Cc2ccccc2)cnc1NC(=O)c1cc(CCC(=O)C2CC2)ccc1Cl. The average Bonchev–Trinajstić information content (AvgIpc) is 3.65. The van der Waals surface area contributed by atoms with E-state index in [9.17, 15) is 9.59 Å². The van der Waals surface area contributed by atoms with Crippen molar-refractivity contribution in [2.24, 2.45) is 5.92 Å². The third-order valence-corrected chi connectivity index (χ3v) is 5.73. The highest BCUT2D eigenvalue weighted by atomic mass is 35.5. The molecular formula is C27H23ClN2O2. The molecule has 4 nitrogen and oxygen atoms in total. The molecule has 1 fully saturated rings. The Labute approximate surface area is 193 Å². The Balaban J connectivity index is 1.44. The molecule has 0 aliphatic heterocycles. The van der Waals surface area contributed by atoms with Gasteiger partial charge in [0.15, 0.2) is 0 Å². The summed E-state index contributed by atoms with van der Waals surface area (Å²) in [5, 5.41) is 3.20. The van der Waals surface area contributed by atoms with Crippen molar-refractivity contribution in [3.8, 4) is 11.8 Å². The van der Waals surface area contributed by atoms with Gasteiger partial charge in [0.1, 0.15) is 11.6 Å². The highest BCUT2D eigenvalue weighted by Gasteiger charge is 2.28. The average molecular weight is 443 g/mol. The monoisotopic (exact) mass is 442 g/mol. The highest BCUT2D eigenvalue weighted by Crippen LogP contribution is 2.31. The van der Waals surface area contributed by atoms with Crippen molar-refractivity contribution in [1.82, 2.24) is 4.98 Å². The molecule has 1 heterocycles. The van der Waals surface area contributed by atoms with Crippen LogP contribution in [0.4, 0.5) is 5.82 Å². The lowest BCUT2D eigenvalue weighted by Crippen LogP contribution is -2.15. The number of Topliss-reactive ketones (excluding diaryl/α,β-unsaturated/α-hetero) is 1. The Hall–Kier alpha value is -3.42. The lowest BCUT2D eigenvalue weighted by molar-refractivity contribution is -0.120. The van der Waals surface area contributed by atoms with E-state index >= 15 is 0 Å². The van der Waals surface area contributed by atoms with Crippen molar-refractivity contribution in [2.45, 2.75) is 32.6 Å². The zero-order chi connectivity index (χ0) is 22.5. The van der Waals surface area contributed by atoms with Gasteiger partial charge in [-0.2, -0.15) is 0 Å². The summed E-state index contributed by atoms with van der Waals surface area (Å²) in [6, 6.07) is 16.9. The first kappa shape index (κ1) is 21.8. The molecule has 160 valence electrons. The molecule has 0 saturated heterocycles. The number of carbonyl (C=O) groups excluding carboxylic acids is 2. The summed E-state index contributed by atoms with van der Waals surface area (Å²) in [4.78, 5) is 29.2. The van der Waals surface area contributed by atoms with Crippen LogP contribution in [0, 0.1) is 24.7 Å². The fourth-order valence-corrected chi connectivity index (χ4v) is 3.60. The minimum atomic E-state index is -0.330. The van der Waals surface area contributed by atoms with Crippen LogP contribution < -0.4 is 5.32 Å². The number of benzene rings is 2. The number of hydrogen-bond acceptors (Lipinski definition) is 3. The molecule has 4 rings (SSSR count). The second-order valence-corrected chi connectivity index (χ2v) is 8.42. The molecule has 0 spiro atoms. The van der Waals surface area contributed by atoms with E-state index in [1.54, 1.807) is 18.3 Å². The van der Waals surface area contributed by atoms with Crippen molar-refractivity contribution in [3.63, 3.8) is 0 Å². The molecule has 0 unspecified atom stereocenters. The molecule has 1 N–H and O–H groups in total. The second-order valence-electron chi connectivity index (χ2n) is 8.01. The molecule has 0 radical (unpaired) electrons. The Bertz CT molecular complexity index is 1220. The maximum atomic E-state index is 12.9. The Morgan fingerprint density at radius 2 is 1.81 bits per heavy atom. The molecule has 0 atom stereocenters. The molecule has 1 aliphatic rings. The van der Waals surface area contributed by atoms with E-state index in [1.807, 2.05) is 49.4 Å². The third-order valence-electron chi connectivity index (χ3n) is 5.40. The number of nitrogens with one attached hydrogen (secondary N) is 1. The number of hydrogen-bond donors (Lipinski definition) is 1. The fraction of sp³-hybridized carbons (Fsp3) is 0.222. The van der Waals surface area contributed by atoms with E-state index in [2.05, 4.69) is 22.1 Å². The molecule has 5 heteroatoms. The number of aryl methyl sites for hydroxylation is 2. The normalized spacial score (nSPS) is 12.6. The molecule has 1 amide bonds. The van der Waals surface area contributed by atoms with Gasteiger partial charge in [-0.25, -0.2) is 4.98 Å². The summed E-state index contributed by atoms with van der Waals surface area (Å²) in [5.74, 6) is 6.88. The fourth-order valence-electron chi connectivity index (χ4n) is 3.39. The summed E-state index contributed by atoms with van der Waals surface area (Å²) >= 11 is 6.28. The van der Waals surface area contributed by atoms with E-state index < -0.39 is 0 Å². The number of halogens is 1. The number of pyridine rings is 1. The topological polar surface area (TPSA) is 59.1 Å². The van der Waals surface area contributed by atoms with E-state index in [-0.39, 0.29) is 11.8 Å². The molecule has 32 heavy (non-hydrogen) atoms. The van der Waals surface area contributed by atoms with Crippen LogP contribution in [0.25, 0.3) is 0 Å². The minimum absolute atomic E-state index is 0.250. The van der Waals surface area contributed by atoms with Gasteiger partial charge < -0.3 is 5.32 Å². The van der Waals surface area contributed by atoms with Crippen LogP contribution in [0.1, 0.15) is 51.9 Å². The van der Waals surface area contributed by atoms with Gasteiger partial charge in [-0.1, -0.05) is 47.7 Å². The van der Waals surface area contributed by atoms with Crippen LogP contribution in [0.5, 0.6) is 0 Å². The Kier molecular flexibility index (Phi) is 6.68. The molecule has 1 aliphatic carbocycles. The van der Waals surface area contributed by atoms with E-state index in [0.29, 0.717) is 35.0 Å². The van der Waals surface area contributed by atoms with Crippen LogP contribution in [0.3, 0.4) is 0 Å². The maximum Gasteiger partial charge on any atom is 0.258 e. The van der Waals surface area contributed by atoms with Gasteiger partial charge >= 0.3 is 0 Å². The number of rotatable bonds is 6.